The summed E-state index contributed by atoms with van der Waals surface area (Å²) >= 11 is 0. The van der Waals surface area contributed by atoms with Crippen molar-refractivity contribution in [3.8, 4) is 5.75 Å². The Balaban J connectivity index is 2.16. The van der Waals surface area contributed by atoms with E-state index in [0.717, 1.165) is 42.8 Å². The highest BCUT2D eigenvalue weighted by molar-refractivity contribution is 5.84. The van der Waals surface area contributed by atoms with Gasteiger partial charge in [-0.15, -0.1) is 0 Å². The number of carbonyl (C=O) groups excluding carboxylic acids is 1. The van der Waals surface area contributed by atoms with E-state index in [9.17, 15) is 4.79 Å². The minimum Gasteiger partial charge on any atom is -0.494 e. The van der Waals surface area contributed by atoms with E-state index in [0.29, 0.717) is 6.54 Å². The first kappa shape index (κ1) is 15.4. The highest BCUT2D eigenvalue weighted by Crippen LogP contribution is 2.22. The van der Waals surface area contributed by atoms with Crippen molar-refractivity contribution in [3.05, 3.63) is 30.5 Å². The first-order valence-electron chi connectivity index (χ1n) is 7.69. The molecule has 0 atom stereocenters. The summed E-state index contributed by atoms with van der Waals surface area (Å²) in [7, 11) is 0. The summed E-state index contributed by atoms with van der Waals surface area (Å²) in [5.74, 6) is 1.04. The molecule has 1 heterocycles. The molecule has 0 saturated heterocycles. The number of fused-ring (bicyclic) bond motifs is 1. The summed E-state index contributed by atoms with van der Waals surface area (Å²) in [6.45, 7) is 8.73. The molecule has 2 rings (SSSR count). The molecule has 0 aliphatic heterocycles. The van der Waals surface area contributed by atoms with Crippen molar-refractivity contribution in [1.82, 2.24) is 9.47 Å². The molecule has 0 unspecified atom stereocenters. The van der Waals surface area contributed by atoms with Gasteiger partial charge in [-0.1, -0.05) is 6.92 Å². The van der Waals surface area contributed by atoms with Gasteiger partial charge in [0.1, 0.15) is 12.3 Å². The van der Waals surface area contributed by atoms with E-state index in [2.05, 4.69) is 6.92 Å². The summed E-state index contributed by atoms with van der Waals surface area (Å²) in [6.07, 6.45) is 2.97. The van der Waals surface area contributed by atoms with E-state index in [4.69, 9.17) is 4.74 Å². The number of likely N-dealkylation sites (N-methyl/N-ethyl adjacent to an activating group) is 1. The van der Waals surface area contributed by atoms with Crippen LogP contribution in [0.5, 0.6) is 5.75 Å². The van der Waals surface area contributed by atoms with Gasteiger partial charge in [-0.05, 0) is 44.5 Å². The van der Waals surface area contributed by atoms with E-state index in [1.807, 2.05) is 53.8 Å². The van der Waals surface area contributed by atoms with Gasteiger partial charge in [0.15, 0.2) is 0 Å². The molecule has 0 aliphatic carbocycles. The van der Waals surface area contributed by atoms with Crippen LogP contribution >= 0.6 is 0 Å². The summed E-state index contributed by atoms with van der Waals surface area (Å²) in [5, 5.41) is 1.11. The summed E-state index contributed by atoms with van der Waals surface area (Å²) in [5.41, 5.74) is 1.07. The van der Waals surface area contributed by atoms with Crippen LogP contribution in [0.25, 0.3) is 10.9 Å². The number of amides is 1. The van der Waals surface area contributed by atoms with Crippen LogP contribution in [0.1, 0.15) is 27.2 Å². The van der Waals surface area contributed by atoms with Gasteiger partial charge >= 0.3 is 0 Å². The van der Waals surface area contributed by atoms with Crippen LogP contribution in [-0.2, 0) is 11.3 Å². The minimum atomic E-state index is 0.156. The molecule has 0 saturated carbocycles. The maximum atomic E-state index is 12.2. The van der Waals surface area contributed by atoms with Crippen molar-refractivity contribution in [3.63, 3.8) is 0 Å². The van der Waals surface area contributed by atoms with Gasteiger partial charge in [-0.25, -0.2) is 0 Å². The van der Waals surface area contributed by atoms with Crippen molar-refractivity contribution in [1.29, 1.82) is 0 Å². The van der Waals surface area contributed by atoms with E-state index in [1.54, 1.807) is 0 Å². The zero-order valence-electron chi connectivity index (χ0n) is 13.1. The largest absolute Gasteiger partial charge is 0.494 e. The highest BCUT2D eigenvalue weighted by Gasteiger charge is 2.11. The Morgan fingerprint density at radius 1 is 1.19 bits per heavy atom. The summed E-state index contributed by atoms with van der Waals surface area (Å²) in [6, 6.07) is 8.05. The lowest BCUT2D eigenvalue weighted by atomic mass is 10.2. The summed E-state index contributed by atoms with van der Waals surface area (Å²) < 4.78 is 7.64. The standard InChI is InChI=1S/C17H24N2O2/c1-4-11-21-15-7-8-16-14(12-15)9-10-19(16)13-17(20)18(5-2)6-3/h7-10,12H,4-6,11,13H2,1-3H3. The maximum Gasteiger partial charge on any atom is 0.242 e. The number of nitrogens with zero attached hydrogens (tertiary/aromatic N) is 2. The molecule has 21 heavy (non-hydrogen) atoms. The van der Waals surface area contributed by atoms with E-state index in [-0.39, 0.29) is 5.91 Å². The number of rotatable bonds is 7. The van der Waals surface area contributed by atoms with Crippen LogP contribution in [0.3, 0.4) is 0 Å². The second-order valence-corrected chi connectivity index (χ2v) is 5.08. The van der Waals surface area contributed by atoms with Crippen molar-refractivity contribution in [2.24, 2.45) is 0 Å². The lowest BCUT2D eigenvalue weighted by Crippen LogP contribution is -2.33. The normalized spacial score (nSPS) is 10.8. The monoisotopic (exact) mass is 288 g/mol. The average molecular weight is 288 g/mol. The number of hydrogen-bond donors (Lipinski definition) is 0. The van der Waals surface area contributed by atoms with Gasteiger partial charge < -0.3 is 14.2 Å². The number of ether oxygens (including phenoxy) is 1. The third-order valence-corrected chi connectivity index (χ3v) is 3.64. The Hall–Kier alpha value is -1.97. The molecular formula is C17H24N2O2. The Bertz CT molecular complexity index is 600. The van der Waals surface area contributed by atoms with Crippen LogP contribution < -0.4 is 4.74 Å². The van der Waals surface area contributed by atoms with Gasteiger partial charge in [0.2, 0.25) is 5.91 Å². The molecule has 4 nitrogen and oxygen atoms in total. The first-order chi connectivity index (χ1) is 10.2. The number of aromatic nitrogens is 1. The number of benzene rings is 1. The van der Waals surface area contributed by atoms with Gasteiger partial charge in [-0.2, -0.15) is 0 Å². The molecule has 114 valence electrons. The van der Waals surface area contributed by atoms with Gasteiger partial charge in [0.05, 0.1) is 6.61 Å². The molecule has 1 amide bonds. The highest BCUT2D eigenvalue weighted by atomic mass is 16.5. The van der Waals surface area contributed by atoms with Crippen molar-refractivity contribution in [2.75, 3.05) is 19.7 Å². The smallest absolute Gasteiger partial charge is 0.242 e. The quantitative estimate of drug-likeness (QED) is 0.783. The Morgan fingerprint density at radius 3 is 2.62 bits per heavy atom. The van der Waals surface area contributed by atoms with E-state index >= 15 is 0 Å². The molecule has 2 aromatic rings. The SMILES string of the molecule is CCCOc1ccc2c(ccn2CC(=O)N(CC)CC)c1. The number of hydrogen-bond acceptors (Lipinski definition) is 2. The first-order valence-corrected chi connectivity index (χ1v) is 7.69. The lowest BCUT2D eigenvalue weighted by molar-refractivity contribution is -0.131. The van der Waals surface area contributed by atoms with Gasteiger partial charge in [-0.3, -0.25) is 4.79 Å². The van der Waals surface area contributed by atoms with Crippen LogP contribution in [0.4, 0.5) is 0 Å². The molecule has 0 spiro atoms. The molecule has 0 aliphatic rings. The third kappa shape index (κ3) is 3.57. The van der Waals surface area contributed by atoms with Crippen molar-refractivity contribution in [2.45, 2.75) is 33.7 Å². The molecule has 4 heteroatoms. The van der Waals surface area contributed by atoms with E-state index in [1.165, 1.54) is 0 Å². The fraction of sp³-hybridized carbons (Fsp3) is 0.471. The summed E-state index contributed by atoms with van der Waals surface area (Å²) in [4.78, 5) is 14.1. The molecule has 0 fully saturated rings. The topological polar surface area (TPSA) is 34.5 Å². The molecule has 1 aromatic heterocycles. The van der Waals surface area contributed by atoms with Crippen molar-refractivity contribution < 1.29 is 9.53 Å². The van der Waals surface area contributed by atoms with Crippen LogP contribution in [-0.4, -0.2) is 35.1 Å². The second kappa shape index (κ2) is 7.16. The van der Waals surface area contributed by atoms with Crippen LogP contribution in [0.15, 0.2) is 30.5 Å². The van der Waals surface area contributed by atoms with Gasteiger partial charge in [0.25, 0.3) is 0 Å². The molecule has 1 aromatic carbocycles. The predicted octanol–water partition coefficient (Wildman–Crippen LogP) is 3.30. The van der Waals surface area contributed by atoms with Crippen LogP contribution in [0, 0.1) is 0 Å². The maximum absolute atomic E-state index is 12.2. The zero-order chi connectivity index (χ0) is 15.2. The van der Waals surface area contributed by atoms with Crippen molar-refractivity contribution >= 4 is 16.8 Å². The second-order valence-electron chi connectivity index (χ2n) is 5.08. The Morgan fingerprint density at radius 2 is 1.95 bits per heavy atom. The molecule has 0 radical (unpaired) electrons. The Kier molecular flexibility index (Phi) is 5.26. The van der Waals surface area contributed by atoms with Gasteiger partial charge in [0, 0.05) is 30.2 Å². The lowest BCUT2D eigenvalue weighted by Gasteiger charge is -2.19. The Labute approximate surface area is 126 Å². The molecule has 0 N–H and O–H groups in total. The molecular weight excluding hydrogens is 264 g/mol. The predicted molar refractivity (Wildman–Crippen MR) is 85.7 cm³/mol. The minimum absolute atomic E-state index is 0.156. The average Bonchev–Trinajstić information content (AvgIpc) is 2.89. The fourth-order valence-corrected chi connectivity index (χ4v) is 2.45. The van der Waals surface area contributed by atoms with Crippen LogP contribution in [0.2, 0.25) is 0 Å². The van der Waals surface area contributed by atoms with E-state index < -0.39 is 0 Å². The molecule has 0 bridgehead atoms. The third-order valence-electron chi connectivity index (χ3n) is 3.64. The fourth-order valence-electron chi connectivity index (χ4n) is 2.45. The number of carbonyl (C=O) groups is 1. The zero-order valence-corrected chi connectivity index (χ0v) is 13.1.